The first kappa shape index (κ1) is 36.4. The molecule has 2 amide bonds. The third kappa shape index (κ3) is 9.21. The van der Waals surface area contributed by atoms with E-state index in [2.05, 4.69) is 12.0 Å². The van der Waals surface area contributed by atoms with Gasteiger partial charge in [0.05, 0.1) is 44.0 Å². The number of nitrogens with zero attached hydrogens (tertiary/aromatic N) is 2. The second-order valence-electron chi connectivity index (χ2n) is 12.8. The van der Waals surface area contributed by atoms with Gasteiger partial charge in [0.25, 0.3) is 5.91 Å². The maximum atomic E-state index is 14.4. The number of anilines is 1. The van der Waals surface area contributed by atoms with Gasteiger partial charge in [-0.15, -0.1) is 0 Å². The minimum absolute atomic E-state index is 0.0418. The number of esters is 1. The van der Waals surface area contributed by atoms with Gasteiger partial charge >= 0.3 is 12.1 Å². The monoisotopic (exact) mass is 698 g/mol. The number of methoxy groups -OCH3 is 1. The lowest BCUT2D eigenvalue weighted by Gasteiger charge is -2.42. The van der Waals surface area contributed by atoms with Crippen LogP contribution in [0.3, 0.4) is 0 Å². The van der Waals surface area contributed by atoms with Crippen LogP contribution in [-0.2, 0) is 28.5 Å². The molecule has 2 aromatic rings. The lowest BCUT2D eigenvalue weighted by Crippen LogP contribution is -2.57. The first-order valence-corrected chi connectivity index (χ1v) is 17.5. The van der Waals surface area contributed by atoms with E-state index in [0.29, 0.717) is 31.7 Å². The topological polar surface area (TPSA) is 122 Å². The lowest BCUT2D eigenvalue weighted by molar-refractivity contribution is -0.196. The van der Waals surface area contributed by atoms with Gasteiger partial charge < -0.3 is 38.1 Å². The molecule has 0 radical (unpaired) electrons. The summed E-state index contributed by atoms with van der Waals surface area (Å²) >= 11 is 1.60. The number of thiophene rings is 1. The molecular weight excluding hydrogens is 652 g/mol. The Balaban J connectivity index is 1.45. The van der Waals surface area contributed by atoms with E-state index in [1.54, 1.807) is 28.4 Å². The predicted octanol–water partition coefficient (Wildman–Crippen LogP) is 6.19. The quantitative estimate of drug-likeness (QED) is 0.136. The van der Waals surface area contributed by atoms with Crippen molar-refractivity contribution in [2.75, 3.05) is 51.6 Å². The summed E-state index contributed by atoms with van der Waals surface area (Å²) in [5.74, 6) is -0.0411. The van der Waals surface area contributed by atoms with E-state index in [0.717, 1.165) is 24.0 Å². The lowest BCUT2D eigenvalue weighted by atomic mass is 9.94. The summed E-state index contributed by atoms with van der Waals surface area (Å²) in [5.41, 5.74) is 2.06. The first-order valence-electron chi connectivity index (χ1n) is 16.6. The molecule has 0 spiro atoms. The Morgan fingerprint density at radius 1 is 1.14 bits per heavy atom. The van der Waals surface area contributed by atoms with Crippen LogP contribution in [-0.4, -0.2) is 93.7 Å². The van der Waals surface area contributed by atoms with Gasteiger partial charge in [0.1, 0.15) is 18.8 Å². The largest absolute Gasteiger partial charge is 0.493 e. The fourth-order valence-electron chi connectivity index (χ4n) is 5.98. The molecule has 0 aliphatic carbocycles. The van der Waals surface area contributed by atoms with Crippen LogP contribution in [0.1, 0.15) is 68.8 Å². The van der Waals surface area contributed by atoms with Crippen molar-refractivity contribution in [1.29, 1.82) is 0 Å². The molecular formula is C36H46N2O10S. The van der Waals surface area contributed by atoms with E-state index in [4.69, 9.17) is 33.2 Å². The summed E-state index contributed by atoms with van der Waals surface area (Å²) in [6, 6.07) is 4.67. The number of amides is 2. The molecule has 4 heterocycles. The highest BCUT2D eigenvalue weighted by atomic mass is 32.1. The predicted molar refractivity (Wildman–Crippen MR) is 184 cm³/mol. The van der Waals surface area contributed by atoms with Crippen LogP contribution in [0.15, 0.2) is 47.7 Å². The van der Waals surface area contributed by atoms with E-state index in [1.165, 1.54) is 18.1 Å². The summed E-state index contributed by atoms with van der Waals surface area (Å²) in [5, 5.41) is 4.08. The highest BCUT2D eigenvalue weighted by molar-refractivity contribution is 7.08. The molecule has 49 heavy (non-hydrogen) atoms. The van der Waals surface area contributed by atoms with Gasteiger partial charge in [0.15, 0.2) is 24.0 Å². The fourth-order valence-corrected chi connectivity index (χ4v) is 6.66. The van der Waals surface area contributed by atoms with Gasteiger partial charge in [0.2, 0.25) is 0 Å². The van der Waals surface area contributed by atoms with Crippen LogP contribution < -0.4 is 14.4 Å². The number of benzene rings is 1. The van der Waals surface area contributed by atoms with Gasteiger partial charge in [-0.1, -0.05) is 18.7 Å². The van der Waals surface area contributed by atoms with Crippen molar-refractivity contribution in [1.82, 2.24) is 4.90 Å². The zero-order valence-corrected chi connectivity index (χ0v) is 29.5. The van der Waals surface area contributed by atoms with Crippen molar-refractivity contribution in [2.24, 2.45) is 0 Å². The molecule has 1 saturated heterocycles. The second-order valence-corrected chi connectivity index (χ2v) is 13.6. The van der Waals surface area contributed by atoms with Crippen LogP contribution in [0.5, 0.6) is 11.5 Å². The normalized spacial score (nSPS) is 20.8. The van der Waals surface area contributed by atoms with E-state index < -0.39 is 30.3 Å². The van der Waals surface area contributed by atoms with Crippen molar-refractivity contribution in [3.63, 3.8) is 0 Å². The average molecular weight is 699 g/mol. The Kier molecular flexibility index (Phi) is 12.4. The summed E-state index contributed by atoms with van der Waals surface area (Å²) in [7, 11) is 1.48. The SMILES string of the molecule is C=CCOC(=O)N1c2cc(OCCOCCC(=O)OC(C)(C)C)c(OC)cc2C(=O)N2CC=C(c3ccsc3)C[C@H]2C1OC1CCCCO1. The molecule has 5 rings (SSSR count). The molecule has 0 saturated carbocycles. The van der Waals surface area contributed by atoms with Crippen molar-refractivity contribution < 1.29 is 47.5 Å². The molecule has 0 N–H and O–H groups in total. The summed E-state index contributed by atoms with van der Waals surface area (Å²) < 4.78 is 40.9. The molecule has 12 nitrogen and oxygen atoms in total. The number of hydrogen-bond acceptors (Lipinski definition) is 11. The van der Waals surface area contributed by atoms with Crippen LogP contribution in [0.4, 0.5) is 10.5 Å². The zero-order valence-electron chi connectivity index (χ0n) is 28.6. The van der Waals surface area contributed by atoms with Crippen molar-refractivity contribution in [2.45, 2.75) is 77.0 Å². The first-order chi connectivity index (χ1) is 23.6. The molecule has 3 atom stereocenters. The van der Waals surface area contributed by atoms with E-state index in [9.17, 15) is 14.4 Å². The Hall–Kier alpha value is -3.91. The van der Waals surface area contributed by atoms with E-state index in [-0.39, 0.29) is 61.7 Å². The Morgan fingerprint density at radius 3 is 2.67 bits per heavy atom. The minimum atomic E-state index is -0.953. The van der Waals surface area contributed by atoms with Crippen molar-refractivity contribution >= 4 is 40.6 Å². The number of fused-ring (bicyclic) bond motifs is 2. The number of rotatable bonds is 13. The Morgan fingerprint density at radius 2 is 1.98 bits per heavy atom. The van der Waals surface area contributed by atoms with Gasteiger partial charge in [-0.25, -0.2) is 9.69 Å². The van der Waals surface area contributed by atoms with Gasteiger partial charge in [0, 0.05) is 19.2 Å². The Labute approximate surface area is 291 Å². The molecule has 13 heteroatoms. The Bertz CT molecular complexity index is 1500. The summed E-state index contributed by atoms with van der Waals surface area (Å²) in [6.45, 7) is 10.4. The summed E-state index contributed by atoms with van der Waals surface area (Å²) in [4.78, 5) is 43.6. The molecule has 0 bridgehead atoms. The number of carbonyl (C=O) groups excluding carboxylic acids is 3. The molecule has 1 aromatic heterocycles. The molecule has 3 aliphatic heterocycles. The third-order valence-electron chi connectivity index (χ3n) is 8.18. The average Bonchev–Trinajstić information content (AvgIpc) is 3.60. The van der Waals surface area contributed by atoms with Crippen LogP contribution in [0.2, 0.25) is 0 Å². The van der Waals surface area contributed by atoms with Crippen molar-refractivity contribution in [3.8, 4) is 11.5 Å². The molecule has 1 fully saturated rings. The van der Waals surface area contributed by atoms with Crippen molar-refractivity contribution in [3.05, 3.63) is 58.8 Å². The van der Waals surface area contributed by atoms with Crippen LogP contribution in [0, 0.1) is 0 Å². The van der Waals surface area contributed by atoms with E-state index in [1.807, 2.05) is 38.3 Å². The van der Waals surface area contributed by atoms with Gasteiger partial charge in [-0.2, -0.15) is 11.3 Å². The third-order valence-corrected chi connectivity index (χ3v) is 8.86. The highest BCUT2D eigenvalue weighted by Gasteiger charge is 2.47. The molecule has 1 aromatic carbocycles. The van der Waals surface area contributed by atoms with Gasteiger partial charge in [-0.05, 0) is 80.5 Å². The molecule has 3 aliphatic rings. The highest BCUT2D eigenvalue weighted by Crippen LogP contribution is 2.43. The number of hydrogen-bond donors (Lipinski definition) is 0. The number of carbonyl (C=O) groups is 3. The van der Waals surface area contributed by atoms with Gasteiger partial charge in [-0.3, -0.25) is 9.59 Å². The minimum Gasteiger partial charge on any atom is -0.493 e. The van der Waals surface area contributed by atoms with Crippen LogP contribution >= 0.6 is 11.3 Å². The molecule has 2 unspecified atom stereocenters. The second kappa shape index (κ2) is 16.7. The fraction of sp³-hybridized carbons (Fsp3) is 0.528. The number of ether oxygens (including phenoxy) is 7. The standard InChI is InChI=1S/C36H46N2O10S/c1-6-14-46-35(41)38-27-22-30(44-18-17-43-16-11-31(39)48-36(2,3)4)29(42-5)21-26(27)33(40)37-13-10-24(25-12-19-49-23-25)20-28(37)34(38)47-32-9-7-8-15-45-32/h6,10,12,19,21-23,28,32,34H,1,7-9,11,13-18,20H2,2-5H3/t28-,32?,34?/m0/s1. The molecule has 266 valence electrons. The smallest absolute Gasteiger partial charge is 0.416 e. The van der Waals surface area contributed by atoms with E-state index >= 15 is 0 Å². The summed E-state index contributed by atoms with van der Waals surface area (Å²) in [6.07, 6.45) is 4.34. The maximum absolute atomic E-state index is 14.4. The maximum Gasteiger partial charge on any atom is 0.416 e. The van der Waals surface area contributed by atoms with Crippen LogP contribution in [0.25, 0.3) is 5.57 Å². The zero-order chi connectivity index (χ0) is 35.0.